The van der Waals surface area contributed by atoms with E-state index in [1.54, 1.807) is 13.0 Å². The van der Waals surface area contributed by atoms with E-state index in [4.69, 9.17) is 0 Å². The van der Waals surface area contributed by atoms with Crippen LogP contribution >= 0.6 is 0 Å². The summed E-state index contributed by atoms with van der Waals surface area (Å²) in [4.78, 5) is 15.9. The molecule has 1 amide bonds. The van der Waals surface area contributed by atoms with E-state index in [0.29, 0.717) is 6.34 Å². The van der Waals surface area contributed by atoms with Crippen molar-refractivity contribution in [2.24, 2.45) is 4.99 Å². The van der Waals surface area contributed by atoms with Crippen molar-refractivity contribution >= 4 is 12.2 Å². The highest BCUT2D eigenvalue weighted by atomic mass is 19.4. The van der Waals surface area contributed by atoms with E-state index in [1.165, 1.54) is 24.3 Å². The Morgan fingerprint density at radius 1 is 1.26 bits per heavy atom. The lowest BCUT2D eigenvalue weighted by molar-refractivity contribution is -0.849. The van der Waals surface area contributed by atoms with E-state index >= 15 is 0 Å². The predicted molar refractivity (Wildman–Crippen MR) is 64.0 cm³/mol. The van der Waals surface area contributed by atoms with Crippen LogP contribution in [0, 0.1) is 0 Å². The fourth-order valence-corrected chi connectivity index (χ4v) is 2.04. The Morgan fingerprint density at radius 2 is 1.89 bits per heavy atom. The van der Waals surface area contributed by atoms with Gasteiger partial charge < -0.3 is 0 Å². The monoisotopic (exact) mass is 269 g/mol. The predicted octanol–water partition coefficient (Wildman–Crippen LogP) is 3.46. The van der Waals surface area contributed by atoms with Gasteiger partial charge in [0.15, 0.2) is 0 Å². The van der Waals surface area contributed by atoms with E-state index in [-0.39, 0.29) is 17.7 Å². The molecule has 0 N–H and O–H groups in total. The number of benzene rings is 1. The molecule has 1 aliphatic rings. The molecule has 0 aliphatic carbocycles. The zero-order chi connectivity index (χ0) is 14.1. The summed E-state index contributed by atoms with van der Waals surface area (Å²) in [6, 6.07) is 7.44. The van der Waals surface area contributed by atoms with Crippen molar-refractivity contribution in [1.29, 1.82) is 0 Å². The molecule has 19 heavy (non-hydrogen) atoms. The highest BCUT2D eigenvalue weighted by Crippen LogP contribution is 2.39. The summed E-state index contributed by atoms with van der Waals surface area (Å²) in [7, 11) is 0. The van der Waals surface area contributed by atoms with Crippen LogP contribution in [0.25, 0.3) is 0 Å². The Labute approximate surface area is 108 Å². The molecule has 0 aromatic heterocycles. The number of carbonyl (C=O) groups excluding carboxylic acids is 1. The van der Waals surface area contributed by atoms with Crippen LogP contribution in [0.4, 0.5) is 13.2 Å². The number of quaternary nitrogens is 1. The van der Waals surface area contributed by atoms with E-state index < -0.39 is 16.7 Å². The lowest BCUT2D eigenvalue weighted by Crippen LogP contribution is -2.58. The number of hydrogen-bond acceptors (Lipinski definition) is 2. The number of hydrogen-bond donors (Lipinski definition) is 0. The third-order valence-corrected chi connectivity index (χ3v) is 3.02. The Hall–Kier alpha value is -1.95. The molecule has 0 bridgehead atoms. The first kappa shape index (κ1) is 13.5. The number of aliphatic imine (C=N–C) groups is 1. The third-order valence-electron chi connectivity index (χ3n) is 3.02. The lowest BCUT2D eigenvalue weighted by Gasteiger charge is -2.30. The van der Waals surface area contributed by atoms with Gasteiger partial charge >= 0.3 is 12.2 Å². The first-order chi connectivity index (χ1) is 8.93. The van der Waals surface area contributed by atoms with Crippen molar-refractivity contribution in [2.45, 2.75) is 19.6 Å². The van der Waals surface area contributed by atoms with Gasteiger partial charge in [-0.05, 0) is 12.1 Å². The normalized spacial score (nSPS) is 22.4. The van der Waals surface area contributed by atoms with E-state index in [0.717, 1.165) is 6.20 Å². The number of allylic oxidation sites excluding steroid dienone is 1. The van der Waals surface area contributed by atoms with Crippen LogP contribution in [0.3, 0.4) is 0 Å². The second-order valence-electron chi connectivity index (χ2n) is 4.10. The number of amides is 1. The molecule has 1 atom stereocenters. The minimum absolute atomic E-state index is 0.00697. The summed E-state index contributed by atoms with van der Waals surface area (Å²) in [5, 5.41) is 0. The maximum atomic E-state index is 13.4. The highest BCUT2D eigenvalue weighted by Gasteiger charge is 2.64. The Bertz CT molecular complexity index is 549. The van der Waals surface area contributed by atoms with Gasteiger partial charge in [-0.15, -0.1) is 13.2 Å². The standard InChI is InChI=1S/C13H12F3N2O/c1-2-11-8-17-9-18(11,13(14,15)16)12(19)10-6-4-3-5-7-10/h3-9H,2H2,1H3/q+1. The number of carbonyl (C=O) groups is 1. The fourth-order valence-electron chi connectivity index (χ4n) is 2.04. The molecule has 0 saturated carbocycles. The van der Waals surface area contributed by atoms with Crippen molar-refractivity contribution in [3.05, 3.63) is 47.8 Å². The van der Waals surface area contributed by atoms with E-state index in [2.05, 4.69) is 4.99 Å². The number of rotatable bonds is 2. The number of halogens is 3. The van der Waals surface area contributed by atoms with Gasteiger partial charge in [-0.25, -0.2) is 9.79 Å². The van der Waals surface area contributed by atoms with Gasteiger partial charge in [0.25, 0.3) is 0 Å². The summed E-state index contributed by atoms with van der Waals surface area (Å²) >= 11 is 0. The van der Waals surface area contributed by atoms with Gasteiger partial charge in [0, 0.05) is 6.42 Å². The van der Waals surface area contributed by atoms with Gasteiger partial charge in [0.2, 0.25) is 6.34 Å². The van der Waals surface area contributed by atoms with Crippen molar-refractivity contribution in [2.75, 3.05) is 0 Å². The van der Waals surface area contributed by atoms with Crippen LogP contribution in [0.15, 0.2) is 47.2 Å². The minimum Gasteiger partial charge on any atom is -0.224 e. The van der Waals surface area contributed by atoms with Crippen LogP contribution < -0.4 is 0 Å². The Kier molecular flexibility index (Phi) is 3.28. The zero-order valence-electron chi connectivity index (χ0n) is 10.2. The highest BCUT2D eigenvalue weighted by molar-refractivity contribution is 5.94. The molecule has 100 valence electrons. The molecular formula is C13H12F3N2O+. The SMILES string of the molecule is CCC1=CN=C[N+]1(C(=O)c1ccccc1)C(F)(F)F. The van der Waals surface area contributed by atoms with Crippen LogP contribution in [0.5, 0.6) is 0 Å². The van der Waals surface area contributed by atoms with Crippen molar-refractivity contribution in [3.63, 3.8) is 0 Å². The summed E-state index contributed by atoms with van der Waals surface area (Å²) in [5.41, 5.74) is -0.0751. The molecular weight excluding hydrogens is 257 g/mol. The molecule has 0 spiro atoms. The summed E-state index contributed by atoms with van der Waals surface area (Å²) in [6.07, 6.45) is -2.91. The van der Waals surface area contributed by atoms with Crippen molar-refractivity contribution in [1.82, 2.24) is 0 Å². The van der Waals surface area contributed by atoms with Crippen LogP contribution in [0.2, 0.25) is 0 Å². The average Bonchev–Trinajstić information content (AvgIpc) is 2.83. The third kappa shape index (κ3) is 1.98. The maximum Gasteiger partial charge on any atom is 0.579 e. The van der Waals surface area contributed by atoms with Crippen molar-refractivity contribution in [3.8, 4) is 0 Å². The van der Waals surface area contributed by atoms with Crippen LogP contribution in [0.1, 0.15) is 23.7 Å². The summed E-state index contributed by atoms with van der Waals surface area (Å²) in [5.74, 6) is -1.04. The molecule has 3 nitrogen and oxygen atoms in total. The maximum absolute atomic E-state index is 13.4. The first-order valence-electron chi connectivity index (χ1n) is 5.73. The lowest BCUT2D eigenvalue weighted by atomic mass is 10.1. The second-order valence-corrected chi connectivity index (χ2v) is 4.10. The molecule has 0 fully saturated rings. The number of nitrogens with zero attached hydrogens (tertiary/aromatic N) is 2. The molecule has 1 aromatic carbocycles. The molecule has 6 heteroatoms. The Morgan fingerprint density at radius 3 is 2.42 bits per heavy atom. The van der Waals surface area contributed by atoms with Gasteiger partial charge in [0.05, 0.1) is 11.8 Å². The van der Waals surface area contributed by atoms with Gasteiger partial charge in [-0.1, -0.05) is 29.6 Å². The quantitative estimate of drug-likeness (QED) is 0.597. The summed E-state index contributed by atoms with van der Waals surface area (Å²) in [6.45, 7) is 1.57. The van der Waals surface area contributed by atoms with E-state index in [9.17, 15) is 18.0 Å². The molecule has 0 radical (unpaired) electrons. The Balaban J connectivity index is 2.56. The van der Waals surface area contributed by atoms with Gasteiger partial charge in [-0.2, -0.15) is 0 Å². The van der Waals surface area contributed by atoms with E-state index in [1.807, 2.05) is 0 Å². The fraction of sp³-hybridized carbons (Fsp3) is 0.231. The topological polar surface area (TPSA) is 29.4 Å². The first-order valence-corrected chi connectivity index (χ1v) is 5.73. The number of alkyl halides is 3. The van der Waals surface area contributed by atoms with Crippen LogP contribution in [-0.4, -0.2) is 23.0 Å². The largest absolute Gasteiger partial charge is 0.579 e. The zero-order valence-corrected chi connectivity index (χ0v) is 10.2. The summed E-state index contributed by atoms with van der Waals surface area (Å²) < 4.78 is 38.4. The average molecular weight is 269 g/mol. The molecule has 2 rings (SSSR count). The molecule has 1 aliphatic heterocycles. The molecule has 1 heterocycles. The van der Waals surface area contributed by atoms with Gasteiger partial charge in [0.1, 0.15) is 5.70 Å². The molecule has 1 unspecified atom stereocenters. The smallest absolute Gasteiger partial charge is 0.224 e. The van der Waals surface area contributed by atoms with Gasteiger partial charge in [-0.3, -0.25) is 0 Å². The van der Waals surface area contributed by atoms with Crippen molar-refractivity contribution < 1.29 is 22.4 Å². The minimum atomic E-state index is -4.76. The molecule has 1 aromatic rings. The molecule has 0 saturated heterocycles. The second kappa shape index (κ2) is 4.62. The van der Waals surface area contributed by atoms with Crippen LogP contribution in [-0.2, 0) is 0 Å².